The predicted octanol–water partition coefficient (Wildman–Crippen LogP) is 1.61. The largest absolute Gasteiger partial charge is 0.477 e. The van der Waals surface area contributed by atoms with Gasteiger partial charge in [0, 0.05) is 18.3 Å². The molecule has 0 unspecified atom stereocenters. The second-order valence-electron chi connectivity index (χ2n) is 4.24. The van der Waals surface area contributed by atoms with Gasteiger partial charge in [-0.05, 0) is 25.3 Å². The summed E-state index contributed by atoms with van der Waals surface area (Å²) in [6.07, 6.45) is 5.53. The average molecular weight is 217 g/mol. The summed E-state index contributed by atoms with van der Waals surface area (Å²) in [6, 6.07) is 0. The molecule has 1 aliphatic carbocycles. The summed E-state index contributed by atoms with van der Waals surface area (Å²) in [5.74, 6) is -0.624. The second kappa shape index (κ2) is 3.04. The van der Waals surface area contributed by atoms with Gasteiger partial charge in [-0.25, -0.2) is 14.3 Å². The van der Waals surface area contributed by atoms with Crippen molar-refractivity contribution in [2.24, 2.45) is 0 Å². The van der Waals surface area contributed by atoms with Crippen LogP contribution in [0.1, 0.15) is 40.4 Å². The van der Waals surface area contributed by atoms with Gasteiger partial charge in [0.1, 0.15) is 5.56 Å². The fourth-order valence-electron chi connectivity index (χ4n) is 1.89. The molecular weight excluding hydrogens is 206 g/mol. The molecule has 0 bridgehead atoms. The van der Waals surface area contributed by atoms with E-state index < -0.39 is 5.97 Å². The van der Waals surface area contributed by atoms with Crippen LogP contribution in [-0.4, -0.2) is 25.7 Å². The van der Waals surface area contributed by atoms with Crippen LogP contribution in [0.2, 0.25) is 0 Å². The standard InChI is InChI=1S/C11H11N3O2/c1-6-4-12-10-8(11(15)16)9(7-2-3-7)13-14(10)5-6/h4-5,7H,2-3H2,1H3,(H,15,16). The third-order valence-electron chi connectivity index (χ3n) is 2.81. The summed E-state index contributed by atoms with van der Waals surface area (Å²) in [5, 5.41) is 13.5. The Morgan fingerprint density at radius 3 is 2.94 bits per heavy atom. The van der Waals surface area contributed by atoms with Gasteiger partial charge < -0.3 is 5.11 Å². The molecule has 0 atom stereocenters. The van der Waals surface area contributed by atoms with Crippen molar-refractivity contribution in [2.75, 3.05) is 0 Å². The average Bonchev–Trinajstić information content (AvgIpc) is 2.99. The highest BCUT2D eigenvalue weighted by Crippen LogP contribution is 2.41. The summed E-state index contributed by atoms with van der Waals surface area (Å²) in [4.78, 5) is 15.4. The molecule has 0 aliphatic heterocycles. The molecule has 3 rings (SSSR count). The van der Waals surface area contributed by atoms with Gasteiger partial charge in [-0.2, -0.15) is 5.10 Å². The van der Waals surface area contributed by atoms with E-state index >= 15 is 0 Å². The molecule has 0 spiro atoms. The van der Waals surface area contributed by atoms with Crippen LogP contribution in [0.4, 0.5) is 0 Å². The zero-order valence-corrected chi connectivity index (χ0v) is 8.84. The van der Waals surface area contributed by atoms with E-state index in [0.29, 0.717) is 17.3 Å². The van der Waals surface area contributed by atoms with E-state index in [1.807, 2.05) is 6.92 Å². The first-order valence-electron chi connectivity index (χ1n) is 5.25. The van der Waals surface area contributed by atoms with Gasteiger partial charge >= 0.3 is 5.97 Å². The number of aromatic carboxylic acids is 1. The van der Waals surface area contributed by atoms with Crippen molar-refractivity contribution >= 4 is 11.6 Å². The first kappa shape index (κ1) is 9.33. The molecule has 5 nitrogen and oxygen atoms in total. The van der Waals surface area contributed by atoms with Gasteiger partial charge in [0.15, 0.2) is 5.65 Å². The summed E-state index contributed by atoms with van der Waals surface area (Å²) in [7, 11) is 0. The number of carboxylic acids is 1. The molecule has 5 heteroatoms. The summed E-state index contributed by atoms with van der Waals surface area (Å²) >= 11 is 0. The number of aromatic nitrogens is 3. The molecule has 1 N–H and O–H groups in total. The lowest BCUT2D eigenvalue weighted by atomic mass is 10.2. The van der Waals surface area contributed by atoms with Crippen molar-refractivity contribution < 1.29 is 9.90 Å². The Morgan fingerprint density at radius 2 is 2.31 bits per heavy atom. The van der Waals surface area contributed by atoms with Crippen LogP contribution >= 0.6 is 0 Å². The van der Waals surface area contributed by atoms with Crippen molar-refractivity contribution in [3.8, 4) is 0 Å². The number of aryl methyl sites for hydroxylation is 1. The van der Waals surface area contributed by atoms with E-state index in [1.54, 1.807) is 16.9 Å². The topological polar surface area (TPSA) is 67.5 Å². The van der Waals surface area contributed by atoms with Gasteiger partial charge in [-0.15, -0.1) is 0 Å². The van der Waals surface area contributed by atoms with Crippen LogP contribution in [0, 0.1) is 6.92 Å². The lowest BCUT2D eigenvalue weighted by Crippen LogP contribution is -2.00. The zero-order chi connectivity index (χ0) is 11.3. The lowest BCUT2D eigenvalue weighted by Gasteiger charge is -1.94. The Morgan fingerprint density at radius 1 is 1.56 bits per heavy atom. The maximum atomic E-state index is 11.2. The first-order chi connectivity index (χ1) is 7.66. The van der Waals surface area contributed by atoms with Crippen molar-refractivity contribution in [3.05, 3.63) is 29.2 Å². The first-order valence-corrected chi connectivity index (χ1v) is 5.25. The Balaban J connectivity index is 2.32. The van der Waals surface area contributed by atoms with Crippen molar-refractivity contribution in [1.29, 1.82) is 0 Å². The highest BCUT2D eigenvalue weighted by molar-refractivity contribution is 5.96. The number of hydrogen-bond acceptors (Lipinski definition) is 3. The minimum Gasteiger partial charge on any atom is -0.477 e. The van der Waals surface area contributed by atoms with Gasteiger partial charge in [-0.3, -0.25) is 0 Å². The molecule has 0 radical (unpaired) electrons. The van der Waals surface area contributed by atoms with Crippen LogP contribution in [0.25, 0.3) is 5.65 Å². The molecule has 1 aliphatic rings. The molecule has 1 fully saturated rings. The van der Waals surface area contributed by atoms with Crippen molar-refractivity contribution in [2.45, 2.75) is 25.7 Å². The molecule has 0 amide bonds. The molecule has 1 saturated carbocycles. The number of carbonyl (C=O) groups is 1. The van der Waals surface area contributed by atoms with Gasteiger partial charge in [0.05, 0.1) is 5.69 Å². The third kappa shape index (κ3) is 1.28. The van der Waals surface area contributed by atoms with Gasteiger partial charge in [0.2, 0.25) is 0 Å². The number of hydrogen-bond donors (Lipinski definition) is 1. The Labute approximate surface area is 91.7 Å². The molecule has 0 saturated heterocycles. The van der Waals surface area contributed by atoms with E-state index in [1.165, 1.54) is 0 Å². The Hall–Kier alpha value is -1.91. The predicted molar refractivity (Wildman–Crippen MR) is 56.7 cm³/mol. The van der Waals surface area contributed by atoms with Gasteiger partial charge in [0.25, 0.3) is 0 Å². The fourth-order valence-corrected chi connectivity index (χ4v) is 1.89. The lowest BCUT2D eigenvalue weighted by molar-refractivity contribution is 0.0697. The molecule has 0 aromatic carbocycles. The van der Waals surface area contributed by atoms with E-state index in [2.05, 4.69) is 10.1 Å². The van der Waals surface area contributed by atoms with E-state index in [9.17, 15) is 9.90 Å². The molecule has 82 valence electrons. The summed E-state index contributed by atoms with van der Waals surface area (Å²) in [6.45, 7) is 1.91. The molecule has 2 heterocycles. The highest BCUT2D eigenvalue weighted by atomic mass is 16.4. The quantitative estimate of drug-likeness (QED) is 0.829. The van der Waals surface area contributed by atoms with Crippen LogP contribution in [0.3, 0.4) is 0 Å². The molecular formula is C11H11N3O2. The van der Waals surface area contributed by atoms with Crippen molar-refractivity contribution in [1.82, 2.24) is 14.6 Å². The number of carboxylic acid groups (broad SMARTS) is 1. The maximum Gasteiger partial charge on any atom is 0.341 e. The van der Waals surface area contributed by atoms with Crippen LogP contribution in [0.15, 0.2) is 12.4 Å². The summed E-state index contributed by atoms with van der Waals surface area (Å²) in [5.41, 5.74) is 2.36. The van der Waals surface area contributed by atoms with Gasteiger partial charge in [-0.1, -0.05) is 0 Å². The van der Waals surface area contributed by atoms with Crippen LogP contribution < -0.4 is 0 Å². The highest BCUT2D eigenvalue weighted by Gasteiger charge is 2.33. The zero-order valence-electron chi connectivity index (χ0n) is 8.84. The monoisotopic (exact) mass is 217 g/mol. The third-order valence-corrected chi connectivity index (χ3v) is 2.81. The molecule has 2 aromatic rings. The number of nitrogens with zero attached hydrogens (tertiary/aromatic N) is 3. The second-order valence-corrected chi connectivity index (χ2v) is 4.24. The normalized spacial score (nSPS) is 15.6. The smallest absolute Gasteiger partial charge is 0.341 e. The van der Waals surface area contributed by atoms with Crippen LogP contribution in [0.5, 0.6) is 0 Å². The van der Waals surface area contributed by atoms with E-state index in [0.717, 1.165) is 18.4 Å². The number of fused-ring (bicyclic) bond motifs is 1. The molecule has 2 aromatic heterocycles. The van der Waals surface area contributed by atoms with E-state index in [-0.39, 0.29) is 5.56 Å². The number of rotatable bonds is 2. The summed E-state index contributed by atoms with van der Waals surface area (Å²) < 4.78 is 1.58. The van der Waals surface area contributed by atoms with Crippen molar-refractivity contribution in [3.63, 3.8) is 0 Å². The van der Waals surface area contributed by atoms with Crippen LogP contribution in [-0.2, 0) is 0 Å². The minimum absolute atomic E-state index is 0.266. The molecule has 16 heavy (non-hydrogen) atoms. The Kier molecular flexibility index (Phi) is 1.77. The van der Waals surface area contributed by atoms with E-state index in [4.69, 9.17) is 0 Å². The maximum absolute atomic E-state index is 11.2. The Bertz CT molecular complexity index is 584. The minimum atomic E-state index is -0.937. The fraction of sp³-hybridized carbons (Fsp3) is 0.364. The SMILES string of the molecule is Cc1cnc2c(C(=O)O)c(C3CC3)nn2c1.